The van der Waals surface area contributed by atoms with Gasteiger partial charge in [-0.05, 0) is 0 Å². The fourth-order valence-corrected chi connectivity index (χ4v) is 0.525. The lowest BCUT2D eigenvalue weighted by Crippen LogP contribution is -2.32. The molecule has 48 valence electrons. The highest BCUT2D eigenvalue weighted by Gasteiger charge is 2.08. The van der Waals surface area contributed by atoms with Crippen LogP contribution in [0.3, 0.4) is 0 Å². The first-order valence-electron chi connectivity index (χ1n) is 1.98. The Balaban J connectivity index is 3.32. The Labute approximate surface area is 51.4 Å². The molecule has 0 aliphatic rings. The van der Waals surface area contributed by atoms with E-state index in [9.17, 15) is 4.79 Å². The van der Waals surface area contributed by atoms with Crippen molar-refractivity contribution in [2.75, 3.05) is 5.75 Å². The van der Waals surface area contributed by atoms with Crippen LogP contribution in [0, 0.1) is 0 Å². The van der Waals surface area contributed by atoms with Crippen LogP contribution in [0.4, 0.5) is 0 Å². The summed E-state index contributed by atoms with van der Waals surface area (Å²) in [6.07, 6.45) is 0. The van der Waals surface area contributed by atoms with Crippen LogP contribution in [0.5, 0.6) is 0 Å². The second-order valence-electron chi connectivity index (χ2n) is 1.28. The lowest BCUT2D eigenvalue weighted by molar-refractivity contribution is -0.137. The van der Waals surface area contributed by atoms with E-state index in [1.54, 1.807) is 0 Å². The van der Waals surface area contributed by atoms with Crippen LogP contribution in [0.25, 0.3) is 0 Å². The summed E-state index contributed by atoms with van der Waals surface area (Å²) in [6.45, 7) is 0. The molecule has 0 heterocycles. The number of carboxylic acid groups (broad SMARTS) is 1. The molecule has 0 aliphatic heterocycles. The molecule has 0 saturated carbocycles. The third-order valence-electron chi connectivity index (χ3n) is 0.593. The van der Waals surface area contributed by atoms with Crippen LogP contribution in [0.1, 0.15) is 0 Å². The van der Waals surface area contributed by atoms with Gasteiger partial charge in [-0.2, -0.15) is 0 Å². The van der Waals surface area contributed by atoms with E-state index < -0.39 is 12.0 Å². The first-order valence-corrected chi connectivity index (χ1v) is 3.03. The van der Waals surface area contributed by atoms with E-state index in [1.807, 2.05) is 0 Å². The Kier molecular flexibility index (Phi) is 3.59. The number of hydrogen-bond donors (Lipinski definition) is 3. The molecular weight excluding hydrogens is 128 g/mol. The topological polar surface area (TPSA) is 89.3 Å². The van der Waals surface area contributed by atoms with Crippen molar-refractivity contribution in [3.05, 3.63) is 0 Å². The minimum Gasteiger partial charge on any atom is -0.480 e. The summed E-state index contributed by atoms with van der Waals surface area (Å²) in [5.41, 5.74) is 5.03. The Hall–Kier alpha value is -0.260. The van der Waals surface area contributed by atoms with Crippen LogP contribution < -0.4 is 10.9 Å². The zero-order valence-electron chi connectivity index (χ0n) is 4.20. The van der Waals surface area contributed by atoms with Crippen molar-refractivity contribution in [2.45, 2.75) is 6.04 Å². The minimum absolute atomic E-state index is 0.259. The molecule has 8 heavy (non-hydrogen) atoms. The number of carbonyl (C=O) groups is 1. The van der Waals surface area contributed by atoms with Gasteiger partial charge >= 0.3 is 5.97 Å². The highest BCUT2D eigenvalue weighted by atomic mass is 32.2. The molecule has 0 saturated heterocycles. The van der Waals surface area contributed by atoms with E-state index in [-0.39, 0.29) is 5.75 Å². The second kappa shape index (κ2) is 3.71. The average molecular weight is 136 g/mol. The van der Waals surface area contributed by atoms with Crippen LogP contribution in [0.2, 0.25) is 0 Å². The number of carboxylic acids is 1. The Morgan fingerprint density at radius 3 is 2.50 bits per heavy atom. The monoisotopic (exact) mass is 136 g/mol. The Morgan fingerprint density at radius 1 is 1.88 bits per heavy atom. The Bertz CT molecular complexity index is 87.4. The zero-order chi connectivity index (χ0) is 6.57. The minimum atomic E-state index is -1.01. The molecule has 0 fully saturated rings. The van der Waals surface area contributed by atoms with Crippen molar-refractivity contribution in [2.24, 2.45) is 10.9 Å². The van der Waals surface area contributed by atoms with E-state index in [0.29, 0.717) is 0 Å². The third-order valence-corrected chi connectivity index (χ3v) is 1.14. The summed E-state index contributed by atoms with van der Waals surface area (Å²) in [5, 5.41) is 13.1. The molecule has 0 unspecified atom stereocenters. The summed E-state index contributed by atoms with van der Waals surface area (Å²) < 4.78 is 0. The van der Waals surface area contributed by atoms with Crippen LogP contribution in [0.15, 0.2) is 0 Å². The van der Waals surface area contributed by atoms with E-state index >= 15 is 0 Å². The zero-order valence-corrected chi connectivity index (χ0v) is 5.02. The summed E-state index contributed by atoms with van der Waals surface area (Å²) in [6, 6.07) is -0.829. The summed E-state index contributed by atoms with van der Waals surface area (Å²) in [5.74, 6) is -0.752. The van der Waals surface area contributed by atoms with E-state index in [2.05, 4.69) is 0 Å². The van der Waals surface area contributed by atoms with Crippen LogP contribution >= 0.6 is 11.9 Å². The Morgan fingerprint density at radius 2 is 2.38 bits per heavy atom. The normalized spacial score (nSPS) is 13.2. The molecule has 0 rings (SSSR count). The van der Waals surface area contributed by atoms with Crippen LogP contribution in [-0.4, -0.2) is 22.9 Å². The second-order valence-corrected chi connectivity index (χ2v) is 1.94. The van der Waals surface area contributed by atoms with Gasteiger partial charge in [-0.3, -0.25) is 9.93 Å². The molecule has 0 spiro atoms. The van der Waals surface area contributed by atoms with Gasteiger partial charge in [0.25, 0.3) is 0 Å². The van der Waals surface area contributed by atoms with Gasteiger partial charge in [0.05, 0.1) is 0 Å². The largest absolute Gasteiger partial charge is 0.480 e. The SMILES string of the molecule is NSC[C@H](N)C(=O)O. The van der Waals surface area contributed by atoms with Gasteiger partial charge in [-0.25, -0.2) is 0 Å². The first kappa shape index (κ1) is 7.74. The molecule has 1 atom stereocenters. The van der Waals surface area contributed by atoms with Crippen molar-refractivity contribution in [1.82, 2.24) is 0 Å². The highest BCUT2D eigenvalue weighted by Crippen LogP contribution is 1.88. The molecule has 4 nitrogen and oxygen atoms in total. The maximum atomic E-state index is 9.90. The van der Waals surface area contributed by atoms with Gasteiger partial charge in [-0.1, -0.05) is 11.9 Å². The van der Waals surface area contributed by atoms with Gasteiger partial charge in [0.15, 0.2) is 0 Å². The fourth-order valence-electron chi connectivity index (χ4n) is 0.175. The molecule has 5 N–H and O–H groups in total. The van der Waals surface area contributed by atoms with Gasteiger partial charge in [-0.15, -0.1) is 0 Å². The number of rotatable bonds is 3. The quantitative estimate of drug-likeness (QED) is 0.433. The molecule has 0 aliphatic carbocycles. The molecule has 5 heteroatoms. The molecular formula is C3H8N2O2S. The van der Waals surface area contributed by atoms with Crippen molar-refractivity contribution in [3.8, 4) is 0 Å². The predicted octanol–water partition coefficient (Wildman–Crippen LogP) is -0.995. The van der Waals surface area contributed by atoms with Gasteiger partial charge in [0, 0.05) is 5.75 Å². The number of aliphatic carboxylic acids is 1. The fraction of sp³-hybridized carbons (Fsp3) is 0.667. The van der Waals surface area contributed by atoms with Crippen molar-refractivity contribution in [1.29, 1.82) is 0 Å². The van der Waals surface area contributed by atoms with E-state index in [1.165, 1.54) is 0 Å². The smallest absolute Gasteiger partial charge is 0.321 e. The molecule has 0 amide bonds. The number of nitrogens with two attached hydrogens (primary N) is 2. The summed E-state index contributed by atoms with van der Waals surface area (Å²) >= 11 is 0.932. The molecule has 0 aromatic heterocycles. The molecule has 0 aromatic carbocycles. The lowest BCUT2D eigenvalue weighted by Gasteiger charge is -1.99. The molecule has 0 radical (unpaired) electrons. The van der Waals surface area contributed by atoms with E-state index in [0.717, 1.165) is 11.9 Å². The van der Waals surface area contributed by atoms with Gasteiger partial charge in [0.1, 0.15) is 6.04 Å². The lowest BCUT2D eigenvalue weighted by atomic mass is 10.4. The van der Waals surface area contributed by atoms with Crippen LogP contribution in [-0.2, 0) is 4.79 Å². The van der Waals surface area contributed by atoms with Crippen molar-refractivity contribution >= 4 is 17.9 Å². The molecule has 0 bridgehead atoms. The molecule has 0 aromatic rings. The standard InChI is InChI=1S/C3H8N2O2S/c4-2(1-8-5)3(6)7/h2H,1,4-5H2,(H,6,7)/t2-/m0/s1. The summed E-state index contributed by atoms with van der Waals surface area (Å²) in [4.78, 5) is 9.90. The predicted molar refractivity (Wildman–Crippen MR) is 32.3 cm³/mol. The number of hydrogen-bond acceptors (Lipinski definition) is 4. The van der Waals surface area contributed by atoms with E-state index in [4.69, 9.17) is 16.0 Å². The maximum Gasteiger partial charge on any atom is 0.321 e. The average Bonchev–Trinajstić information content (AvgIpc) is 1.67. The van der Waals surface area contributed by atoms with Gasteiger partial charge < -0.3 is 10.8 Å². The van der Waals surface area contributed by atoms with Crippen molar-refractivity contribution in [3.63, 3.8) is 0 Å². The summed E-state index contributed by atoms with van der Waals surface area (Å²) in [7, 11) is 0. The first-order chi connectivity index (χ1) is 3.68. The van der Waals surface area contributed by atoms with Gasteiger partial charge in [0.2, 0.25) is 0 Å². The van der Waals surface area contributed by atoms with Crippen molar-refractivity contribution < 1.29 is 9.90 Å². The third kappa shape index (κ3) is 2.84. The maximum absolute atomic E-state index is 9.90. The highest BCUT2D eigenvalue weighted by molar-refractivity contribution is 7.97.